The maximum atomic E-state index is 11.2. The number of fused-ring (bicyclic) bond motifs is 1. The first-order valence-corrected chi connectivity index (χ1v) is 15.5. The van der Waals surface area contributed by atoms with Gasteiger partial charge in [0.25, 0.3) is 0 Å². The Kier molecular flexibility index (Phi) is 10.5. The average molecular weight is 585 g/mol. The Hall–Kier alpha value is -3.38. The van der Waals surface area contributed by atoms with Crippen LogP contribution in [0.5, 0.6) is 11.5 Å². The van der Waals surface area contributed by atoms with Crippen molar-refractivity contribution in [2.45, 2.75) is 78.4 Å². The van der Waals surface area contributed by atoms with E-state index in [1.54, 1.807) is 0 Å². The van der Waals surface area contributed by atoms with E-state index in [-0.39, 0.29) is 30.7 Å². The van der Waals surface area contributed by atoms with E-state index in [1.165, 1.54) is 27.5 Å². The normalized spacial score (nSPS) is 13.6. The fraction of sp³-hybridized carbons (Fsp3) is 0.421. The van der Waals surface area contributed by atoms with Gasteiger partial charge in [-0.25, -0.2) is 0 Å². The predicted molar refractivity (Wildman–Crippen MR) is 175 cm³/mol. The largest absolute Gasteiger partial charge is 0.491 e. The van der Waals surface area contributed by atoms with Gasteiger partial charge in [-0.1, -0.05) is 94.4 Å². The van der Waals surface area contributed by atoms with Crippen molar-refractivity contribution in [1.29, 1.82) is 0 Å². The third-order valence-corrected chi connectivity index (χ3v) is 9.08. The van der Waals surface area contributed by atoms with Crippen LogP contribution in [0.4, 0.5) is 0 Å². The SMILES string of the molecule is CCC(CC)(c1ccc(OCC(O)C(C)(C)Cc2ccc3ccccc3c2)c(C)c1)c1ccc(OC[C@@H](O)CO)c(C)c1. The molecule has 0 saturated carbocycles. The average Bonchev–Trinajstić information content (AvgIpc) is 3.00. The number of ether oxygens (including phenoxy) is 2. The van der Waals surface area contributed by atoms with Crippen molar-refractivity contribution < 1.29 is 24.8 Å². The Bertz CT molecular complexity index is 1500. The number of aliphatic hydroxyl groups excluding tert-OH is 3. The first kappa shape index (κ1) is 32.5. The molecule has 2 atom stereocenters. The number of benzene rings is 4. The van der Waals surface area contributed by atoms with Crippen molar-refractivity contribution in [2.24, 2.45) is 5.41 Å². The van der Waals surface area contributed by atoms with Crippen molar-refractivity contribution in [2.75, 3.05) is 19.8 Å². The van der Waals surface area contributed by atoms with E-state index < -0.39 is 12.2 Å². The molecule has 230 valence electrons. The van der Waals surface area contributed by atoms with Gasteiger partial charge in [0.15, 0.2) is 0 Å². The van der Waals surface area contributed by atoms with E-state index in [4.69, 9.17) is 14.6 Å². The summed E-state index contributed by atoms with van der Waals surface area (Å²) in [7, 11) is 0. The smallest absolute Gasteiger partial charge is 0.122 e. The van der Waals surface area contributed by atoms with E-state index in [0.717, 1.165) is 36.1 Å². The van der Waals surface area contributed by atoms with Gasteiger partial charge in [0.1, 0.15) is 30.8 Å². The van der Waals surface area contributed by atoms with Gasteiger partial charge in [0, 0.05) is 5.41 Å². The summed E-state index contributed by atoms with van der Waals surface area (Å²) in [6.45, 7) is 12.6. The summed E-state index contributed by atoms with van der Waals surface area (Å²) in [4.78, 5) is 0. The molecule has 0 aliphatic carbocycles. The van der Waals surface area contributed by atoms with Crippen LogP contribution in [0.15, 0.2) is 78.9 Å². The lowest BCUT2D eigenvalue weighted by atomic mass is 9.70. The van der Waals surface area contributed by atoms with Gasteiger partial charge in [-0.05, 0) is 89.2 Å². The van der Waals surface area contributed by atoms with Crippen molar-refractivity contribution in [3.63, 3.8) is 0 Å². The highest BCUT2D eigenvalue weighted by Crippen LogP contribution is 2.41. The van der Waals surface area contributed by atoms with E-state index in [9.17, 15) is 10.2 Å². The fourth-order valence-electron chi connectivity index (χ4n) is 6.08. The lowest BCUT2D eigenvalue weighted by Gasteiger charge is -2.34. The van der Waals surface area contributed by atoms with Crippen molar-refractivity contribution in [3.8, 4) is 11.5 Å². The molecule has 4 aromatic rings. The molecule has 3 N–H and O–H groups in total. The van der Waals surface area contributed by atoms with Gasteiger partial charge in [-0.3, -0.25) is 0 Å². The summed E-state index contributed by atoms with van der Waals surface area (Å²) < 4.78 is 12.0. The second kappa shape index (κ2) is 13.9. The molecular weight excluding hydrogens is 536 g/mol. The molecule has 5 heteroatoms. The van der Waals surface area contributed by atoms with Crippen molar-refractivity contribution >= 4 is 10.8 Å². The molecule has 4 aromatic carbocycles. The Labute approximate surface area is 257 Å². The molecule has 0 aromatic heterocycles. The predicted octanol–water partition coefficient (Wildman–Crippen LogP) is 7.30. The summed E-state index contributed by atoms with van der Waals surface area (Å²) in [5.41, 5.74) is 5.13. The summed E-state index contributed by atoms with van der Waals surface area (Å²) in [5, 5.41) is 32.4. The summed E-state index contributed by atoms with van der Waals surface area (Å²) in [5.74, 6) is 1.49. The minimum absolute atomic E-state index is 0.0549. The Morgan fingerprint density at radius 1 is 0.698 bits per heavy atom. The molecule has 0 aliphatic heterocycles. The standard InChI is InChI=1S/C38H48O5/c1-7-38(8-2,31-15-17-34(26(3)19-31)42-24-33(40)23-39)32-16-18-35(27(4)20-32)43-25-36(41)37(5,6)22-28-13-14-29-11-9-10-12-30(29)21-28/h9-21,33,36,39-41H,7-8,22-25H2,1-6H3/t33-,36?/m0/s1. The van der Waals surface area contributed by atoms with Gasteiger partial charge in [0.2, 0.25) is 0 Å². The van der Waals surface area contributed by atoms with Crippen LogP contribution in [0.1, 0.15) is 68.4 Å². The summed E-state index contributed by atoms with van der Waals surface area (Å²) in [6, 6.07) is 27.5. The molecular formula is C38H48O5. The van der Waals surface area contributed by atoms with Crippen LogP contribution in [-0.2, 0) is 11.8 Å². The first-order chi connectivity index (χ1) is 20.5. The zero-order valence-electron chi connectivity index (χ0n) is 26.6. The fourth-order valence-corrected chi connectivity index (χ4v) is 6.08. The summed E-state index contributed by atoms with van der Waals surface area (Å²) >= 11 is 0. The topological polar surface area (TPSA) is 79.2 Å². The number of rotatable bonds is 14. The molecule has 0 spiro atoms. The van der Waals surface area contributed by atoms with Crippen LogP contribution in [0.3, 0.4) is 0 Å². The maximum absolute atomic E-state index is 11.2. The van der Waals surface area contributed by atoms with Crippen LogP contribution in [0.25, 0.3) is 10.8 Å². The molecule has 0 saturated heterocycles. The third kappa shape index (κ3) is 7.41. The van der Waals surface area contributed by atoms with Gasteiger partial charge < -0.3 is 24.8 Å². The zero-order valence-corrected chi connectivity index (χ0v) is 26.6. The minimum Gasteiger partial charge on any atom is -0.491 e. The Morgan fingerprint density at radius 3 is 1.79 bits per heavy atom. The number of hydrogen-bond acceptors (Lipinski definition) is 5. The van der Waals surface area contributed by atoms with Crippen molar-refractivity contribution in [1.82, 2.24) is 0 Å². The highest BCUT2D eigenvalue weighted by Gasteiger charge is 2.32. The van der Waals surface area contributed by atoms with Crippen molar-refractivity contribution in [3.05, 3.63) is 107 Å². The lowest BCUT2D eigenvalue weighted by molar-refractivity contribution is 0.0117. The number of aryl methyl sites for hydroxylation is 2. The van der Waals surface area contributed by atoms with E-state index >= 15 is 0 Å². The zero-order chi connectivity index (χ0) is 31.2. The van der Waals surface area contributed by atoms with Gasteiger partial charge in [-0.2, -0.15) is 0 Å². The Balaban J connectivity index is 1.47. The van der Waals surface area contributed by atoms with Crippen LogP contribution in [-0.4, -0.2) is 47.3 Å². The second-order valence-electron chi connectivity index (χ2n) is 12.6. The lowest BCUT2D eigenvalue weighted by Crippen LogP contribution is -2.36. The number of hydrogen-bond donors (Lipinski definition) is 3. The molecule has 0 heterocycles. The highest BCUT2D eigenvalue weighted by atomic mass is 16.5. The van der Waals surface area contributed by atoms with Gasteiger partial charge in [0.05, 0.1) is 12.7 Å². The monoisotopic (exact) mass is 584 g/mol. The minimum atomic E-state index is -0.898. The Morgan fingerprint density at radius 2 is 1.26 bits per heavy atom. The van der Waals surface area contributed by atoms with Crippen LogP contribution < -0.4 is 9.47 Å². The molecule has 5 nitrogen and oxygen atoms in total. The molecule has 0 amide bonds. The van der Waals surface area contributed by atoms with Crippen LogP contribution in [0, 0.1) is 19.3 Å². The molecule has 1 unspecified atom stereocenters. The second-order valence-corrected chi connectivity index (χ2v) is 12.6. The molecule has 0 fully saturated rings. The first-order valence-electron chi connectivity index (χ1n) is 15.5. The van der Waals surface area contributed by atoms with Gasteiger partial charge >= 0.3 is 0 Å². The quantitative estimate of drug-likeness (QED) is 0.145. The third-order valence-electron chi connectivity index (χ3n) is 9.08. The van der Waals surface area contributed by atoms with Crippen LogP contribution >= 0.6 is 0 Å². The highest BCUT2D eigenvalue weighted by molar-refractivity contribution is 5.83. The summed E-state index contributed by atoms with van der Waals surface area (Å²) in [6.07, 6.45) is 1.07. The molecule has 43 heavy (non-hydrogen) atoms. The maximum Gasteiger partial charge on any atom is 0.122 e. The van der Waals surface area contributed by atoms with E-state index in [1.807, 2.05) is 19.1 Å². The number of aliphatic hydroxyl groups is 3. The van der Waals surface area contributed by atoms with Crippen LogP contribution in [0.2, 0.25) is 0 Å². The van der Waals surface area contributed by atoms with Gasteiger partial charge in [-0.15, -0.1) is 0 Å². The molecule has 0 radical (unpaired) electrons. The van der Waals surface area contributed by atoms with E-state index in [0.29, 0.717) is 5.75 Å². The molecule has 4 rings (SSSR count). The molecule has 0 aliphatic rings. The molecule has 0 bridgehead atoms. The van der Waals surface area contributed by atoms with E-state index in [2.05, 4.69) is 101 Å².